The van der Waals surface area contributed by atoms with E-state index in [1.54, 1.807) is 29.1 Å². The van der Waals surface area contributed by atoms with Gasteiger partial charge in [-0.15, -0.1) is 0 Å². The Kier molecular flexibility index (Phi) is 7.91. The van der Waals surface area contributed by atoms with Gasteiger partial charge in [0.05, 0.1) is 11.8 Å². The van der Waals surface area contributed by atoms with Gasteiger partial charge in [0.2, 0.25) is 0 Å². The number of likely N-dealkylation sites (tertiary alicyclic amines) is 1. The highest BCUT2D eigenvalue weighted by molar-refractivity contribution is 6.05. The van der Waals surface area contributed by atoms with Gasteiger partial charge in [-0.25, -0.2) is 4.98 Å². The van der Waals surface area contributed by atoms with Crippen LogP contribution in [0, 0.1) is 6.92 Å². The standard InChI is InChI=1S/C31H35N7O2/c1-20(2)35-29-10-8-25(17-33-29)30(39)36-28-15-23(6-5-21(28)3)31(40)38-13-11-22(12-14-38)27-9-7-24(16-32-27)26-18-34-37(4)19-26/h5-10,15-20,22H,11-14H2,1-4H3,(H,33,35)(H,36,39). The minimum atomic E-state index is -0.265. The first-order valence-electron chi connectivity index (χ1n) is 13.7. The number of anilines is 2. The van der Waals surface area contributed by atoms with Crippen molar-refractivity contribution in [1.82, 2.24) is 24.6 Å². The molecule has 4 heterocycles. The van der Waals surface area contributed by atoms with Gasteiger partial charge in [0.1, 0.15) is 5.82 Å². The average Bonchev–Trinajstić information content (AvgIpc) is 3.40. The van der Waals surface area contributed by atoms with Crippen molar-refractivity contribution < 1.29 is 9.59 Å². The molecule has 0 radical (unpaired) electrons. The first-order chi connectivity index (χ1) is 19.3. The van der Waals surface area contributed by atoms with E-state index in [-0.39, 0.29) is 17.9 Å². The summed E-state index contributed by atoms with van der Waals surface area (Å²) >= 11 is 0. The number of pyridine rings is 2. The molecule has 4 aromatic rings. The Morgan fingerprint density at radius 2 is 1.70 bits per heavy atom. The summed E-state index contributed by atoms with van der Waals surface area (Å²) in [6.07, 6.45) is 8.98. The Morgan fingerprint density at radius 1 is 0.925 bits per heavy atom. The van der Waals surface area contributed by atoms with Crippen molar-refractivity contribution in [2.24, 2.45) is 7.05 Å². The van der Waals surface area contributed by atoms with Crippen LogP contribution in [0.5, 0.6) is 0 Å². The molecular formula is C31H35N7O2. The summed E-state index contributed by atoms with van der Waals surface area (Å²) in [5.74, 6) is 0.742. The Bertz CT molecular complexity index is 1490. The van der Waals surface area contributed by atoms with Gasteiger partial charge in [-0.3, -0.25) is 19.3 Å². The molecule has 0 aliphatic carbocycles. The van der Waals surface area contributed by atoms with E-state index < -0.39 is 0 Å². The van der Waals surface area contributed by atoms with E-state index in [1.165, 1.54) is 0 Å². The van der Waals surface area contributed by atoms with Crippen molar-refractivity contribution in [2.75, 3.05) is 23.7 Å². The van der Waals surface area contributed by atoms with Gasteiger partial charge in [0.15, 0.2) is 0 Å². The molecule has 1 aliphatic heterocycles. The van der Waals surface area contributed by atoms with E-state index in [9.17, 15) is 9.59 Å². The molecule has 0 bridgehead atoms. The van der Waals surface area contributed by atoms with E-state index in [0.29, 0.717) is 35.8 Å². The highest BCUT2D eigenvalue weighted by Crippen LogP contribution is 2.29. The Balaban J connectivity index is 1.19. The van der Waals surface area contributed by atoms with Crippen LogP contribution in [0.4, 0.5) is 11.5 Å². The van der Waals surface area contributed by atoms with Crippen molar-refractivity contribution in [1.29, 1.82) is 0 Å². The van der Waals surface area contributed by atoms with Gasteiger partial charge < -0.3 is 15.5 Å². The van der Waals surface area contributed by atoms with Crippen LogP contribution in [-0.2, 0) is 7.05 Å². The Morgan fingerprint density at radius 3 is 2.33 bits per heavy atom. The predicted octanol–water partition coefficient (Wildman–Crippen LogP) is 5.28. The summed E-state index contributed by atoms with van der Waals surface area (Å²) in [5.41, 5.74) is 5.67. The lowest BCUT2D eigenvalue weighted by atomic mass is 9.92. The van der Waals surface area contributed by atoms with Crippen LogP contribution in [0.25, 0.3) is 11.1 Å². The molecule has 1 aliphatic rings. The fraction of sp³-hybridized carbons (Fsp3) is 0.323. The lowest BCUT2D eigenvalue weighted by Crippen LogP contribution is -2.38. The maximum Gasteiger partial charge on any atom is 0.257 e. The molecule has 1 saturated heterocycles. The number of nitrogens with one attached hydrogen (secondary N) is 2. The van der Waals surface area contributed by atoms with E-state index >= 15 is 0 Å². The number of piperidine rings is 1. The molecule has 3 aromatic heterocycles. The minimum Gasteiger partial charge on any atom is -0.368 e. The molecule has 0 spiro atoms. The van der Waals surface area contributed by atoms with Crippen LogP contribution < -0.4 is 10.6 Å². The number of amides is 2. The largest absolute Gasteiger partial charge is 0.368 e. The Labute approximate surface area is 234 Å². The number of nitrogens with zero attached hydrogens (tertiary/aromatic N) is 5. The number of rotatable bonds is 7. The maximum absolute atomic E-state index is 13.4. The zero-order valence-electron chi connectivity index (χ0n) is 23.4. The Hall–Kier alpha value is -4.53. The number of carbonyl (C=O) groups excluding carboxylic acids is 2. The van der Waals surface area contributed by atoms with Crippen LogP contribution in [0.15, 0.2) is 67.3 Å². The third kappa shape index (κ3) is 6.20. The molecule has 9 nitrogen and oxygen atoms in total. The zero-order chi connectivity index (χ0) is 28.2. The maximum atomic E-state index is 13.4. The first kappa shape index (κ1) is 27.1. The van der Waals surface area contributed by atoms with E-state index in [2.05, 4.69) is 32.8 Å². The van der Waals surface area contributed by atoms with Crippen LogP contribution in [0.3, 0.4) is 0 Å². The minimum absolute atomic E-state index is 0.0281. The summed E-state index contributed by atoms with van der Waals surface area (Å²) in [4.78, 5) is 37.2. The number of carbonyl (C=O) groups is 2. The topological polar surface area (TPSA) is 105 Å². The second kappa shape index (κ2) is 11.7. The normalized spacial score (nSPS) is 13.9. The molecule has 1 fully saturated rings. The second-order valence-electron chi connectivity index (χ2n) is 10.7. The molecule has 206 valence electrons. The summed E-state index contributed by atoms with van der Waals surface area (Å²) < 4.78 is 1.78. The van der Waals surface area contributed by atoms with Crippen LogP contribution in [-0.4, -0.2) is 55.6 Å². The fourth-order valence-electron chi connectivity index (χ4n) is 4.94. The highest BCUT2D eigenvalue weighted by atomic mass is 16.2. The van der Waals surface area contributed by atoms with Crippen molar-refractivity contribution in [3.8, 4) is 11.1 Å². The van der Waals surface area contributed by atoms with Crippen molar-refractivity contribution in [3.63, 3.8) is 0 Å². The molecule has 5 rings (SSSR count). The molecular weight excluding hydrogens is 502 g/mol. The molecule has 9 heteroatoms. The SMILES string of the molecule is Cc1ccc(C(=O)N2CCC(c3ccc(-c4cnn(C)c4)cn3)CC2)cc1NC(=O)c1ccc(NC(C)C)nc1. The lowest BCUT2D eigenvalue weighted by Gasteiger charge is -2.32. The molecule has 2 N–H and O–H groups in total. The number of hydrogen-bond donors (Lipinski definition) is 2. The molecule has 40 heavy (non-hydrogen) atoms. The lowest BCUT2D eigenvalue weighted by molar-refractivity contribution is 0.0712. The molecule has 0 saturated carbocycles. The van der Waals surface area contributed by atoms with Crippen molar-refractivity contribution in [3.05, 3.63) is 89.6 Å². The zero-order valence-corrected chi connectivity index (χ0v) is 23.4. The van der Waals surface area contributed by atoms with Gasteiger partial charge >= 0.3 is 0 Å². The smallest absolute Gasteiger partial charge is 0.257 e. The third-order valence-electron chi connectivity index (χ3n) is 7.22. The average molecular weight is 538 g/mol. The van der Waals surface area contributed by atoms with Gasteiger partial charge in [-0.05, 0) is 69.5 Å². The van der Waals surface area contributed by atoms with Gasteiger partial charge in [0, 0.05) is 78.8 Å². The van der Waals surface area contributed by atoms with Crippen molar-refractivity contribution >= 4 is 23.3 Å². The molecule has 1 aromatic carbocycles. The number of benzene rings is 1. The number of aromatic nitrogens is 4. The van der Waals surface area contributed by atoms with Gasteiger partial charge in [-0.2, -0.15) is 5.10 Å². The second-order valence-corrected chi connectivity index (χ2v) is 10.7. The fourth-order valence-corrected chi connectivity index (χ4v) is 4.94. The van der Waals surface area contributed by atoms with E-state index in [0.717, 1.165) is 41.0 Å². The van der Waals surface area contributed by atoms with Gasteiger partial charge in [-0.1, -0.05) is 12.1 Å². The van der Waals surface area contributed by atoms with Crippen molar-refractivity contribution in [2.45, 2.75) is 45.6 Å². The summed E-state index contributed by atoms with van der Waals surface area (Å²) in [6, 6.07) is 13.4. The number of aryl methyl sites for hydroxylation is 2. The quantitative estimate of drug-likeness (QED) is 0.332. The molecule has 0 unspecified atom stereocenters. The molecule has 2 amide bonds. The van der Waals surface area contributed by atoms with E-state index in [4.69, 9.17) is 4.98 Å². The third-order valence-corrected chi connectivity index (χ3v) is 7.22. The van der Waals surface area contributed by atoms with Crippen LogP contribution in [0.1, 0.15) is 64.6 Å². The summed E-state index contributed by atoms with van der Waals surface area (Å²) in [6.45, 7) is 7.29. The van der Waals surface area contributed by atoms with Crippen LogP contribution >= 0.6 is 0 Å². The highest BCUT2D eigenvalue weighted by Gasteiger charge is 2.26. The first-order valence-corrected chi connectivity index (χ1v) is 13.7. The predicted molar refractivity (Wildman–Crippen MR) is 156 cm³/mol. The van der Waals surface area contributed by atoms with E-state index in [1.807, 2.05) is 63.4 Å². The molecule has 0 atom stereocenters. The van der Waals surface area contributed by atoms with Crippen LogP contribution in [0.2, 0.25) is 0 Å². The number of hydrogen-bond acceptors (Lipinski definition) is 6. The summed E-state index contributed by atoms with van der Waals surface area (Å²) in [7, 11) is 1.90. The summed E-state index contributed by atoms with van der Waals surface area (Å²) in [5, 5.41) is 10.4. The monoisotopic (exact) mass is 537 g/mol. The van der Waals surface area contributed by atoms with Gasteiger partial charge in [0.25, 0.3) is 11.8 Å².